The van der Waals surface area contributed by atoms with E-state index in [0.29, 0.717) is 0 Å². The van der Waals surface area contributed by atoms with Gasteiger partial charge in [0.25, 0.3) is 0 Å². The Bertz CT molecular complexity index is 132. The van der Waals surface area contributed by atoms with Crippen molar-refractivity contribution >= 4 is 0 Å². The van der Waals surface area contributed by atoms with E-state index in [9.17, 15) is 0 Å². The fourth-order valence-corrected chi connectivity index (χ4v) is 1.80. The van der Waals surface area contributed by atoms with E-state index in [1.54, 1.807) is 14.2 Å². The normalized spacial score (nSPS) is 15.3. The predicted octanol–water partition coefficient (Wildman–Crippen LogP) is 5.21. The molecule has 0 saturated heterocycles. The molecule has 16 heavy (non-hydrogen) atoms. The molecule has 0 aromatic heterocycles. The van der Waals surface area contributed by atoms with E-state index in [4.69, 9.17) is 0 Å². The third kappa shape index (κ3) is 11.8. The molecule has 0 radical (unpaired) electrons. The zero-order chi connectivity index (χ0) is 12.8. The molecular weight excluding hydrogens is 196 g/mol. The van der Waals surface area contributed by atoms with E-state index >= 15 is 0 Å². The fraction of sp³-hybridized carbons (Fsp3) is 0.867. The van der Waals surface area contributed by atoms with Gasteiger partial charge in [-0.2, -0.15) is 0 Å². The van der Waals surface area contributed by atoms with Crippen molar-refractivity contribution in [3.8, 4) is 0 Å². The number of rotatable bonds is 2. The summed E-state index contributed by atoms with van der Waals surface area (Å²) in [4.78, 5) is 0. The van der Waals surface area contributed by atoms with Crippen molar-refractivity contribution in [3.63, 3.8) is 0 Å². The molecule has 1 aliphatic rings. The van der Waals surface area contributed by atoms with Crippen molar-refractivity contribution in [2.75, 3.05) is 14.2 Å². The Kier molecular flexibility index (Phi) is 16.6. The molecule has 0 aromatic rings. The summed E-state index contributed by atoms with van der Waals surface area (Å²) in [6, 6.07) is 0. The highest BCUT2D eigenvalue weighted by Crippen LogP contribution is 2.29. The number of ether oxygens (including phenoxy) is 1. The van der Waals surface area contributed by atoms with E-state index in [1.165, 1.54) is 50.5 Å². The Hall–Kier alpha value is -0.300. The average molecular weight is 228 g/mol. The van der Waals surface area contributed by atoms with Crippen LogP contribution in [0.15, 0.2) is 12.2 Å². The van der Waals surface area contributed by atoms with Gasteiger partial charge in [0.05, 0.1) is 0 Å². The lowest BCUT2D eigenvalue weighted by molar-refractivity contribution is 0.277. The molecule has 0 aliphatic heterocycles. The molecule has 1 nitrogen and oxygen atoms in total. The molecule has 1 aliphatic carbocycles. The van der Waals surface area contributed by atoms with Crippen molar-refractivity contribution in [2.24, 2.45) is 5.92 Å². The summed E-state index contributed by atoms with van der Waals surface area (Å²) in [5, 5.41) is 0. The van der Waals surface area contributed by atoms with Gasteiger partial charge in [0, 0.05) is 14.2 Å². The average Bonchev–Trinajstić information content (AvgIpc) is 2.31. The number of hydrogen-bond donors (Lipinski definition) is 0. The minimum Gasteiger partial charge on any atom is -0.388 e. The van der Waals surface area contributed by atoms with Gasteiger partial charge in [0.2, 0.25) is 0 Å². The molecule has 1 rings (SSSR count). The lowest BCUT2D eigenvalue weighted by Gasteiger charge is -2.22. The van der Waals surface area contributed by atoms with Gasteiger partial charge in [-0.1, -0.05) is 58.6 Å². The summed E-state index contributed by atoms with van der Waals surface area (Å²) in [5.74, 6) is 0.874. The molecule has 1 fully saturated rings. The van der Waals surface area contributed by atoms with Crippen molar-refractivity contribution in [2.45, 2.75) is 65.7 Å². The molecule has 0 amide bonds. The van der Waals surface area contributed by atoms with E-state index < -0.39 is 0 Å². The highest BCUT2D eigenvalue weighted by Gasteiger charge is 2.14. The maximum absolute atomic E-state index is 4.25. The third-order valence-electron chi connectivity index (χ3n) is 2.64. The first-order chi connectivity index (χ1) is 7.67. The van der Waals surface area contributed by atoms with Gasteiger partial charge < -0.3 is 4.74 Å². The van der Waals surface area contributed by atoms with Crippen LogP contribution in [-0.2, 0) is 4.74 Å². The molecule has 0 aromatic carbocycles. The second-order valence-corrected chi connectivity index (χ2v) is 4.46. The SMILES string of the molecule is C=C(CC)C1CCCCC1.CCC.COC. The second-order valence-electron chi connectivity index (χ2n) is 4.46. The van der Waals surface area contributed by atoms with Gasteiger partial charge in [-0.3, -0.25) is 0 Å². The Morgan fingerprint density at radius 1 is 1.06 bits per heavy atom. The van der Waals surface area contributed by atoms with Gasteiger partial charge in [-0.05, 0) is 25.2 Å². The highest BCUT2D eigenvalue weighted by atomic mass is 16.4. The molecule has 0 unspecified atom stereocenters. The smallest absolute Gasteiger partial charge is 0.0351 e. The first-order valence-corrected chi connectivity index (χ1v) is 6.75. The first-order valence-electron chi connectivity index (χ1n) is 6.75. The summed E-state index contributed by atoms with van der Waals surface area (Å²) >= 11 is 0. The second kappa shape index (κ2) is 14.7. The van der Waals surface area contributed by atoms with Crippen LogP contribution in [0.2, 0.25) is 0 Å². The van der Waals surface area contributed by atoms with Crippen molar-refractivity contribution in [1.29, 1.82) is 0 Å². The molecule has 0 heterocycles. The van der Waals surface area contributed by atoms with Gasteiger partial charge >= 0.3 is 0 Å². The predicted molar refractivity (Wildman–Crippen MR) is 74.9 cm³/mol. The van der Waals surface area contributed by atoms with Crippen LogP contribution in [0.25, 0.3) is 0 Å². The van der Waals surface area contributed by atoms with Crippen LogP contribution < -0.4 is 0 Å². The standard InChI is InChI=1S/C10H18.C3H8.C2H6O/c1-3-9(2)10-7-5-4-6-8-10;2*1-3-2/h10H,2-8H2,1H3;3H2,1-2H3;1-2H3. The Morgan fingerprint density at radius 3 is 1.75 bits per heavy atom. The Labute approximate surface area is 103 Å². The minimum atomic E-state index is 0.874. The third-order valence-corrected chi connectivity index (χ3v) is 2.64. The molecule has 1 heteroatoms. The van der Waals surface area contributed by atoms with E-state index in [1.807, 2.05) is 0 Å². The van der Waals surface area contributed by atoms with Crippen molar-refractivity contribution < 1.29 is 4.74 Å². The molecule has 0 N–H and O–H groups in total. The quantitative estimate of drug-likeness (QED) is 0.589. The van der Waals surface area contributed by atoms with E-state index in [2.05, 4.69) is 32.1 Å². The van der Waals surface area contributed by atoms with Gasteiger partial charge in [-0.25, -0.2) is 0 Å². The number of hydrogen-bond acceptors (Lipinski definition) is 1. The van der Waals surface area contributed by atoms with Gasteiger partial charge in [-0.15, -0.1) is 0 Å². The lowest BCUT2D eigenvalue weighted by atomic mass is 9.83. The van der Waals surface area contributed by atoms with Crippen LogP contribution in [0.5, 0.6) is 0 Å². The molecule has 0 atom stereocenters. The monoisotopic (exact) mass is 228 g/mol. The van der Waals surface area contributed by atoms with Crippen LogP contribution >= 0.6 is 0 Å². The van der Waals surface area contributed by atoms with Crippen LogP contribution in [0, 0.1) is 5.92 Å². The zero-order valence-corrected chi connectivity index (χ0v) is 12.1. The Morgan fingerprint density at radius 2 is 1.44 bits per heavy atom. The largest absolute Gasteiger partial charge is 0.388 e. The van der Waals surface area contributed by atoms with Crippen molar-refractivity contribution in [1.82, 2.24) is 0 Å². The molecule has 0 bridgehead atoms. The van der Waals surface area contributed by atoms with E-state index in [-0.39, 0.29) is 0 Å². The zero-order valence-electron chi connectivity index (χ0n) is 12.1. The minimum absolute atomic E-state index is 0.874. The summed E-state index contributed by atoms with van der Waals surface area (Å²) < 4.78 is 4.25. The van der Waals surface area contributed by atoms with Gasteiger partial charge in [0.1, 0.15) is 0 Å². The molecule has 0 spiro atoms. The Balaban J connectivity index is 0. The summed E-state index contributed by atoms with van der Waals surface area (Å²) in [6.45, 7) is 10.6. The number of allylic oxidation sites excluding steroid dienone is 1. The first kappa shape index (κ1) is 18.1. The van der Waals surface area contributed by atoms with Crippen LogP contribution in [-0.4, -0.2) is 14.2 Å². The highest BCUT2D eigenvalue weighted by molar-refractivity contribution is 5.00. The lowest BCUT2D eigenvalue weighted by Crippen LogP contribution is -2.07. The molecule has 98 valence electrons. The molecule has 1 saturated carbocycles. The summed E-state index contributed by atoms with van der Waals surface area (Å²) in [6.07, 6.45) is 9.57. The van der Waals surface area contributed by atoms with Crippen LogP contribution in [0.4, 0.5) is 0 Å². The fourth-order valence-electron chi connectivity index (χ4n) is 1.80. The maximum atomic E-state index is 4.25. The molecular formula is C15H32O. The summed E-state index contributed by atoms with van der Waals surface area (Å²) in [5.41, 5.74) is 1.49. The summed E-state index contributed by atoms with van der Waals surface area (Å²) in [7, 11) is 3.25. The topological polar surface area (TPSA) is 9.23 Å². The van der Waals surface area contributed by atoms with E-state index in [0.717, 1.165) is 5.92 Å². The van der Waals surface area contributed by atoms with Crippen LogP contribution in [0.1, 0.15) is 65.7 Å². The van der Waals surface area contributed by atoms with Crippen molar-refractivity contribution in [3.05, 3.63) is 12.2 Å². The van der Waals surface area contributed by atoms with Crippen LogP contribution in [0.3, 0.4) is 0 Å². The maximum Gasteiger partial charge on any atom is 0.0351 e. The number of methoxy groups -OCH3 is 1. The van der Waals surface area contributed by atoms with Gasteiger partial charge in [0.15, 0.2) is 0 Å².